The van der Waals surface area contributed by atoms with E-state index in [1.165, 1.54) is 12.2 Å². The minimum Gasteiger partial charge on any atom is -0.401 e. The van der Waals surface area contributed by atoms with Crippen molar-refractivity contribution >= 4 is 17.7 Å². The van der Waals surface area contributed by atoms with Crippen molar-refractivity contribution in [2.24, 2.45) is 5.73 Å². The SMILES string of the molecule is C=C(N)COCCOCCNC(=O)CCN1C(=O)C=CC1=O. The second-order valence-corrected chi connectivity index (χ2v) is 4.58. The third-order valence-electron chi connectivity index (χ3n) is 2.69. The Morgan fingerprint density at radius 1 is 1.18 bits per heavy atom. The van der Waals surface area contributed by atoms with Gasteiger partial charge < -0.3 is 20.5 Å². The number of nitrogens with zero attached hydrogens (tertiary/aromatic N) is 1. The van der Waals surface area contributed by atoms with Crippen molar-refractivity contribution in [1.29, 1.82) is 0 Å². The van der Waals surface area contributed by atoms with Crippen molar-refractivity contribution in [2.45, 2.75) is 6.42 Å². The minimum absolute atomic E-state index is 0.0703. The number of nitrogens with one attached hydrogen (secondary N) is 1. The van der Waals surface area contributed by atoms with Gasteiger partial charge in [-0.15, -0.1) is 0 Å². The van der Waals surface area contributed by atoms with Gasteiger partial charge in [0.2, 0.25) is 5.91 Å². The second-order valence-electron chi connectivity index (χ2n) is 4.58. The molecule has 0 aromatic heterocycles. The van der Waals surface area contributed by atoms with Crippen LogP contribution >= 0.6 is 0 Å². The predicted octanol–water partition coefficient (Wildman–Crippen LogP) is -1.08. The summed E-state index contributed by atoms with van der Waals surface area (Å²) in [4.78, 5) is 35.1. The maximum Gasteiger partial charge on any atom is 0.253 e. The molecule has 1 aliphatic rings. The topological polar surface area (TPSA) is 111 Å². The Kier molecular flexibility index (Phi) is 7.87. The summed E-state index contributed by atoms with van der Waals surface area (Å²) >= 11 is 0. The first-order valence-electron chi connectivity index (χ1n) is 6.89. The van der Waals surface area contributed by atoms with Gasteiger partial charge in [-0.1, -0.05) is 6.58 Å². The zero-order chi connectivity index (χ0) is 16.4. The highest BCUT2D eigenvalue weighted by Crippen LogP contribution is 2.03. The first kappa shape index (κ1) is 17.9. The van der Waals surface area contributed by atoms with Gasteiger partial charge in [-0.25, -0.2) is 0 Å². The zero-order valence-corrected chi connectivity index (χ0v) is 12.4. The molecule has 0 radical (unpaired) electrons. The number of amides is 3. The van der Waals surface area contributed by atoms with Crippen LogP contribution < -0.4 is 11.1 Å². The van der Waals surface area contributed by atoms with Gasteiger partial charge in [0.25, 0.3) is 11.8 Å². The molecule has 0 saturated heterocycles. The monoisotopic (exact) mass is 311 g/mol. The van der Waals surface area contributed by atoms with Crippen LogP contribution in [0.1, 0.15) is 6.42 Å². The highest BCUT2D eigenvalue weighted by Gasteiger charge is 2.23. The largest absolute Gasteiger partial charge is 0.401 e. The van der Waals surface area contributed by atoms with Crippen molar-refractivity contribution in [1.82, 2.24) is 10.2 Å². The van der Waals surface area contributed by atoms with Gasteiger partial charge in [0, 0.05) is 37.4 Å². The fourth-order valence-corrected chi connectivity index (χ4v) is 1.64. The number of rotatable bonds is 11. The molecule has 0 fully saturated rings. The lowest BCUT2D eigenvalue weighted by Crippen LogP contribution is -2.35. The highest BCUT2D eigenvalue weighted by atomic mass is 16.5. The van der Waals surface area contributed by atoms with Crippen LogP contribution in [0.4, 0.5) is 0 Å². The lowest BCUT2D eigenvalue weighted by molar-refractivity contribution is -0.137. The Balaban J connectivity index is 1.97. The van der Waals surface area contributed by atoms with Gasteiger partial charge >= 0.3 is 0 Å². The minimum atomic E-state index is -0.388. The third-order valence-corrected chi connectivity index (χ3v) is 2.69. The van der Waals surface area contributed by atoms with Gasteiger partial charge in [-0.3, -0.25) is 19.3 Å². The molecular weight excluding hydrogens is 290 g/mol. The number of imide groups is 1. The van der Waals surface area contributed by atoms with E-state index in [0.717, 1.165) is 4.90 Å². The molecule has 1 rings (SSSR count). The molecule has 1 aliphatic heterocycles. The van der Waals surface area contributed by atoms with Gasteiger partial charge in [0.05, 0.1) is 26.4 Å². The molecule has 8 nitrogen and oxygen atoms in total. The molecule has 122 valence electrons. The molecule has 0 saturated carbocycles. The van der Waals surface area contributed by atoms with Crippen molar-refractivity contribution in [3.63, 3.8) is 0 Å². The first-order chi connectivity index (χ1) is 10.5. The van der Waals surface area contributed by atoms with E-state index in [4.69, 9.17) is 15.2 Å². The average Bonchev–Trinajstić information content (AvgIpc) is 2.78. The average molecular weight is 311 g/mol. The molecule has 0 aliphatic carbocycles. The van der Waals surface area contributed by atoms with E-state index in [1.54, 1.807) is 0 Å². The number of ether oxygens (including phenoxy) is 2. The highest BCUT2D eigenvalue weighted by molar-refractivity contribution is 6.13. The van der Waals surface area contributed by atoms with Crippen LogP contribution in [0.25, 0.3) is 0 Å². The summed E-state index contributed by atoms with van der Waals surface area (Å²) in [6.07, 6.45) is 2.45. The van der Waals surface area contributed by atoms with Crippen LogP contribution in [0.3, 0.4) is 0 Å². The molecule has 0 bridgehead atoms. The lowest BCUT2D eigenvalue weighted by Gasteiger charge is -2.13. The molecule has 3 N–H and O–H groups in total. The first-order valence-corrected chi connectivity index (χ1v) is 6.89. The van der Waals surface area contributed by atoms with Crippen molar-refractivity contribution in [2.75, 3.05) is 39.5 Å². The van der Waals surface area contributed by atoms with Gasteiger partial charge in [-0.2, -0.15) is 0 Å². The van der Waals surface area contributed by atoms with E-state index in [1.807, 2.05) is 0 Å². The van der Waals surface area contributed by atoms with Crippen LogP contribution in [0.2, 0.25) is 0 Å². The Hall–Kier alpha value is -2.19. The summed E-state index contributed by atoms with van der Waals surface area (Å²) in [5.74, 6) is -1.02. The molecule has 3 amide bonds. The summed E-state index contributed by atoms with van der Waals surface area (Å²) in [6, 6.07) is 0. The van der Waals surface area contributed by atoms with E-state index in [9.17, 15) is 14.4 Å². The molecule has 0 aromatic carbocycles. The molecule has 0 aromatic rings. The molecule has 1 heterocycles. The number of hydrogen-bond acceptors (Lipinski definition) is 6. The molecular formula is C14H21N3O5. The number of hydrogen-bond donors (Lipinski definition) is 2. The normalized spacial score (nSPS) is 13.7. The Labute approximate surface area is 128 Å². The zero-order valence-electron chi connectivity index (χ0n) is 12.4. The third kappa shape index (κ3) is 7.00. The summed E-state index contributed by atoms with van der Waals surface area (Å²) in [7, 11) is 0. The van der Waals surface area contributed by atoms with E-state index >= 15 is 0 Å². The van der Waals surface area contributed by atoms with E-state index < -0.39 is 0 Å². The molecule has 0 unspecified atom stereocenters. The van der Waals surface area contributed by atoms with Crippen molar-refractivity contribution < 1.29 is 23.9 Å². The van der Waals surface area contributed by atoms with Crippen molar-refractivity contribution in [3.8, 4) is 0 Å². The maximum atomic E-state index is 11.5. The van der Waals surface area contributed by atoms with Crippen molar-refractivity contribution in [3.05, 3.63) is 24.4 Å². The Morgan fingerprint density at radius 3 is 2.45 bits per heavy atom. The number of nitrogens with two attached hydrogens (primary N) is 1. The summed E-state index contributed by atoms with van der Waals surface area (Å²) < 4.78 is 10.4. The lowest BCUT2D eigenvalue weighted by atomic mass is 10.3. The van der Waals surface area contributed by atoms with Gasteiger partial charge in [0.1, 0.15) is 0 Å². The van der Waals surface area contributed by atoms with Crippen LogP contribution in [0.15, 0.2) is 24.4 Å². The van der Waals surface area contributed by atoms with Gasteiger partial charge in [-0.05, 0) is 0 Å². The van der Waals surface area contributed by atoms with E-state index in [2.05, 4.69) is 11.9 Å². The van der Waals surface area contributed by atoms with Crippen LogP contribution in [-0.2, 0) is 23.9 Å². The number of carbonyl (C=O) groups excluding carboxylic acids is 3. The predicted molar refractivity (Wildman–Crippen MR) is 78.5 cm³/mol. The smallest absolute Gasteiger partial charge is 0.253 e. The summed E-state index contributed by atoms with van der Waals surface area (Å²) in [6.45, 7) is 5.36. The fourth-order valence-electron chi connectivity index (χ4n) is 1.64. The standard InChI is InChI=1S/C14H21N3O5/c1-11(15)10-22-9-8-21-7-5-16-12(18)4-6-17-13(19)2-3-14(17)20/h2-3H,1,4-10,15H2,(H,16,18). The van der Waals surface area contributed by atoms with E-state index in [-0.39, 0.29) is 30.7 Å². The Bertz CT molecular complexity index is 443. The maximum absolute atomic E-state index is 11.5. The summed E-state index contributed by atoms with van der Waals surface area (Å²) in [5, 5.41) is 2.64. The molecule has 0 atom stereocenters. The molecule has 8 heteroatoms. The Morgan fingerprint density at radius 2 is 1.82 bits per heavy atom. The molecule has 0 spiro atoms. The van der Waals surface area contributed by atoms with E-state index in [0.29, 0.717) is 38.7 Å². The second kappa shape index (κ2) is 9.69. The molecule has 22 heavy (non-hydrogen) atoms. The number of carbonyl (C=O) groups is 3. The quantitative estimate of drug-likeness (QED) is 0.371. The van der Waals surface area contributed by atoms with Crippen LogP contribution in [0, 0.1) is 0 Å². The van der Waals surface area contributed by atoms with Crippen LogP contribution in [0.5, 0.6) is 0 Å². The van der Waals surface area contributed by atoms with Gasteiger partial charge in [0.15, 0.2) is 0 Å². The van der Waals surface area contributed by atoms with Crippen LogP contribution in [-0.4, -0.2) is 62.1 Å². The summed E-state index contributed by atoms with van der Waals surface area (Å²) in [5.41, 5.74) is 5.78. The fraction of sp³-hybridized carbons (Fsp3) is 0.500.